The second-order valence-corrected chi connectivity index (χ2v) is 3.69. The number of aryl methyl sites for hydroxylation is 1. The number of pyridine rings is 1. The molecule has 1 rings (SSSR count). The summed E-state index contributed by atoms with van der Waals surface area (Å²) < 4.78 is 0. The highest BCUT2D eigenvalue weighted by Gasteiger charge is 2.07. The molecule has 0 saturated carbocycles. The van der Waals surface area contributed by atoms with Crippen molar-refractivity contribution in [1.82, 2.24) is 4.98 Å². The highest BCUT2D eigenvalue weighted by Crippen LogP contribution is 2.08. The molecule has 1 amide bonds. The molecule has 1 N–H and O–H groups in total. The maximum Gasteiger partial charge on any atom is 0.236 e. The summed E-state index contributed by atoms with van der Waals surface area (Å²) in [7, 11) is 0. The Kier molecular flexibility index (Phi) is 3.31. The van der Waals surface area contributed by atoms with Crippen LogP contribution in [-0.2, 0) is 4.79 Å². The van der Waals surface area contributed by atoms with Crippen LogP contribution in [0.5, 0.6) is 0 Å². The van der Waals surface area contributed by atoms with Crippen molar-refractivity contribution >= 4 is 24.2 Å². The van der Waals surface area contributed by atoms with Crippen molar-refractivity contribution in [2.24, 2.45) is 0 Å². The molecule has 0 aliphatic carbocycles. The van der Waals surface area contributed by atoms with E-state index in [1.165, 1.54) is 0 Å². The van der Waals surface area contributed by atoms with Gasteiger partial charge < -0.3 is 5.32 Å². The van der Waals surface area contributed by atoms with E-state index in [1.807, 2.05) is 13.0 Å². The Hall–Kier alpha value is -1.03. The summed E-state index contributed by atoms with van der Waals surface area (Å²) in [6.07, 6.45) is 3.35. The molecule has 0 aliphatic rings. The summed E-state index contributed by atoms with van der Waals surface area (Å²) in [6, 6.07) is 1.86. The standard InChI is InChI=1S/C9H12N2OS/c1-6-3-8(5-10-4-6)11-9(12)7(2)13/h3-5,7,13H,1-2H3,(H,11,12). The highest BCUT2D eigenvalue weighted by molar-refractivity contribution is 7.81. The van der Waals surface area contributed by atoms with Crippen LogP contribution in [0.4, 0.5) is 5.69 Å². The number of hydrogen-bond donors (Lipinski definition) is 2. The lowest BCUT2D eigenvalue weighted by Gasteiger charge is -2.06. The summed E-state index contributed by atoms with van der Waals surface area (Å²) in [6.45, 7) is 3.65. The third kappa shape index (κ3) is 3.06. The van der Waals surface area contributed by atoms with Crippen molar-refractivity contribution in [3.8, 4) is 0 Å². The third-order valence-corrected chi connectivity index (χ3v) is 1.76. The van der Waals surface area contributed by atoms with Crippen LogP contribution in [0.3, 0.4) is 0 Å². The Morgan fingerprint density at radius 3 is 2.85 bits per heavy atom. The van der Waals surface area contributed by atoms with Crippen molar-refractivity contribution in [2.75, 3.05) is 5.32 Å². The molecule has 0 spiro atoms. The first-order valence-corrected chi connectivity index (χ1v) is 4.52. The van der Waals surface area contributed by atoms with Crippen molar-refractivity contribution in [2.45, 2.75) is 19.1 Å². The average molecular weight is 196 g/mol. The second kappa shape index (κ2) is 4.28. The molecule has 4 heteroatoms. The molecule has 13 heavy (non-hydrogen) atoms. The van der Waals surface area contributed by atoms with Crippen LogP contribution in [0.2, 0.25) is 0 Å². The van der Waals surface area contributed by atoms with Gasteiger partial charge in [0.25, 0.3) is 0 Å². The lowest BCUT2D eigenvalue weighted by molar-refractivity contribution is -0.115. The number of nitrogens with zero attached hydrogens (tertiary/aromatic N) is 1. The predicted molar refractivity (Wildman–Crippen MR) is 56.1 cm³/mol. The Morgan fingerprint density at radius 1 is 1.62 bits per heavy atom. The van der Waals surface area contributed by atoms with E-state index in [0.717, 1.165) is 5.56 Å². The van der Waals surface area contributed by atoms with Gasteiger partial charge in [0.1, 0.15) is 0 Å². The van der Waals surface area contributed by atoms with E-state index in [1.54, 1.807) is 19.3 Å². The number of rotatable bonds is 2. The zero-order chi connectivity index (χ0) is 9.84. The quantitative estimate of drug-likeness (QED) is 0.706. The molecule has 1 aromatic heterocycles. The van der Waals surface area contributed by atoms with Gasteiger partial charge in [-0.3, -0.25) is 9.78 Å². The number of carbonyl (C=O) groups is 1. The number of carbonyl (C=O) groups excluding carboxylic acids is 1. The number of anilines is 1. The smallest absolute Gasteiger partial charge is 0.236 e. The fourth-order valence-corrected chi connectivity index (χ4v) is 0.935. The van der Waals surface area contributed by atoms with Crippen molar-refractivity contribution < 1.29 is 4.79 Å². The Morgan fingerprint density at radius 2 is 2.31 bits per heavy atom. The second-order valence-electron chi connectivity index (χ2n) is 2.92. The Labute approximate surface area is 83.0 Å². The van der Waals surface area contributed by atoms with E-state index in [2.05, 4.69) is 22.9 Å². The summed E-state index contributed by atoms with van der Waals surface area (Å²) in [5.74, 6) is -0.115. The van der Waals surface area contributed by atoms with Gasteiger partial charge in [-0.2, -0.15) is 12.6 Å². The number of aromatic nitrogens is 1. The van der Waals surface area contributed by atoms with E-state index < -0.39 is 0 Å². The molecule has 0 saturated heterocycles. The molecule has 0 radical (unpaired) electrons. The lowest BCUT2D eigenvalue weighted by Crippen LogP contribution is -2.20. The van der Waals surface area contributed by atoms with Crippen molar-refractivity contribution in [3.05, 3.63) is 24.0 Å². The number of thiol groups is 1. The van der Waals surface area contributed by atoms with Gasteiger partial charge in [0.05, 0.1) is 17.1 Å². The Balaban J connectivity index is 2.69. The van der Waals surface area contributed by atoms with Crippen LogP contribution in [0, 0.1) is 6.92 Å². The first-order chi connectivity index (χ1) is 6.09. The van der Waals surface area contributed by atoms with Gasteiger partial charge in [-0.1, -0.05) is 0 Å². The minimum atomic E-state index is -0.305. The normalized spacial score (nSPS) is 12.2. The predicted octanol–water partition coefficient (Wildman–Crippen LogP) is 1.65. The molecule has 0 fully saturated rings. The topological polar surface area (TPSA) is 42.0 Å². The van der Waals surface area contributed by atoms with Crippen LogP contribution >= 0.6 is 12.6 Å². The number of hydrogen-bond acceptors (Lipinski definition) is 3. The molecule has 3 nitrogen and oxygen atoms in total. The molecule has 1 aromatic rings. The van der Waals surface area contributed by atoms with Crippen LogP contribution in [0.1, 0.15) is 12.5 Å². The van der Waals surface area contributed by atoms with Crippen LogP contribution < -0.4 is 5.32 Å². The zero-order valence-electron chi connectivity index (χ0n) is 7.61. The van der Waals surface area contributed by atoms with Crippen molar-refractivity contribution in [1.29, 1.82) is 0 Å². The Bertz CT molecular complexity index is 312. The highest BCUT2D eigenvalue weighted by atomic mass is 32.1. The fourth-order valence-electron chi connectivity index (χ4n) is 0.870. The monoisotopic (exact) mass is 196 g/mol. The van der Waals surface area contributed by atoms with Gasteiger partial charge in [0.15, 0.2) is 0 Å². The summed E-state index contributed by atoms with van der Waals surface area (Å²) in [5.41, 5.74) is 1.73. The summed E-state index contributed by atoms with van der Waals surface area (Å²) in [4.78, 5) is 15.2. The van der Waals surface area contributed by atoms with Gasteiger partial charge in [-0.25, -0.2) is 0 Å². The molecule has 0 bridgehead atoms. The van der Waals surface area contributed by atoms with Crippen LogP contribution in [-0.4, -0.2) is 16.1 Å². The lowest BCUT2D eigenvalue weighted by atomic mass is 10.3. The van der Waals surface area contributed by atoms with Crippen LogP contribution in [0.15, 0.2) is 18.5 Å². The summed E-state index contributed by atoms with van der Waals surface area (Å²) in [5, 5.41) is 2.40. The molecule has 0 aromatic carbocycles. The molecule has 0 aliphatic heterocycles. The van der Waals surface area contributed by atoms with E-state index >= 15 is 0 Å². The minimum Gasteiger partial charge on any atom is -0.324 e. The SMILES string of the molecule is Cc1cncc(NC(=O)C(C)S)c1. The number of amides is 1. The molecule has 1 unspecified atom stereocenters. The van der Waals surface area contributed by atoms with Gasteiger partial charge in [-0.05, 0) is 25.5 Å². The van der Waals surface area contributed by atoms with Gasteiger partial charge in [0.2, 0.25) is 5.91 Å². The minimum absolute atomic E-state index is 0.115. The third-order valence-electron chi connectivity index (χ3n) is 1.52. The first kappa shape index (κ1) is 10.1. The molecule has 1 atom stereocenters. The van der Waals surface area contributed by atoms with Gasteiger partial charge in [0, 0.05) is 6.20 Å². The van der Waals surface area contributed by atoms with E-state index in [9.17, 15) is 4.79 Å². The zero-order valence-corrected chi connectivity index (χ0v) is 8.51. The van der Waals surface area contributed by atoms with E-state index in [-0.39, 0.29) is 11.2 Å². The fraction of sp³-hybridized carbons (Fsp3) is 0.333. The van der Waals surface area contributed by atoms with Crippen molar-refractivity contribution in [3.63, 3.8) is 0 Å². The summed E-state index contributed by atoms with van der Waals surface area (Å²) >= 11 is 4.02. The van der Waals surface area contributed by atoms with Gasteiger partial charge in [-0.15, -0.1) is 0 Å². The van der Waals surface area contributed by atoms with E-state index in [0.29, 0.717) is 5.69 Å². The molecular formula is C9H12N2OS. The average Bonchev–Trinajstić information content (AvgIpc) is 2.04. The van der Waals surface area contributed by atoms with Crippen LogP contribution in [0.25, 0.3) is 0 Å². The first-order valence-electron chi connectivity index (χ1n) is 4.00. The largest absolute Gasteiger partial charge is 0.324 e. The molecule has 1 heterocycles. The molecule has 70 valence electrons. The number of nitrogens with one attached hydrogen (secondary N) is 1. The van der Waals surface area contributed by atoms with Gasteiger partial charge >= 0.3 is 0 Å². The molecular weight excluding hydrogens is 184 g/mol. The maximum atomic E-state index is 11.2. The maximum absolute atomic E-state index is 11.2. The van der Waals surface area contributed by atoms with E-state index in [4.69, 9.17) is 0 Å².